The molecule has 0 saturated carbocycles. The van der Waals surface area contributed by atoms with Crippen molar-refractivity contribution >= 4 is 26.7 Å². The number of benzene rings is 3. The largest absolute Gasteiger partial charge is 0.490 e. The highest BCUT2D eigenvalue weighted by molar-refractivity contribution is 7.90. The Morgan fingerprint density at radius 2 is 1.76 bits per heavy atom. The van der Waals surface area contributed by atoms with E-state index in [1.807, 2.05) is 38.1 Å². The van der Waals surface area contributed by atoms with Crippen molar-refractivity contribution in [1.82, 2.24) is 5.32 Å². The molecule has 0 aliphatic rings. The van der Waals surface area contributed by atoms with Gasteiger partial charge in [0.25, 0.3) is 5.91 Å². The van der Waals surface area contributed by atoms with Gasteiger partial charge in [0.1, 0.15) is 5.76 Å². The SMILES string of the molecule is CCOc1cccc2cc(C(C)NC(=O)c3cccc(CS(=O)(=O)c4ccccc4)c3)oc12. The molecular weight excluding hydrogens is 438 g/mol. The summed E-state index contributed by atoms with van der Waals surface area (Å²) in [5, 5.41) is 3.82. The predicted molar refractivity (Wildman–Crippen MR) is 127 cm³/mol. The molecule has 0 radical (unpaired) electrons. The molecule has 7 heteroatoms. The maximum Gasteiger partial charge on any atom is 0.251 e. The number of hydrogen-bond acceptors (Lipinski definition) is 5. The zero-order chi connectivity index (χ0) is 23.4. The lowest BCUT2D eigenvalue weighted by Crippen LogP contribution is -2.26. The van der Waals surface area contributed by atoms with Crippen LogP contribution in [0, 0.1) is 0 Å². The van der Waals surface area contributed by atoms with E-state index in [9.17, 15) is 13.2 Å². The molecule has 0 aliphatic carbocycles. The average molecular weight is 464 g/mol. The zero-order valence-corrected chi connectivity index (χ0v) is 19.3. The lowest BCUT2D eigenvalue weighted by Gasteiger charge is -2.12. The van der Waals surface area contributed by atoms with Crippen LogP contribution < -0.4 is 10.1 Å². The highest BCUT2D eigenvalue weighted by Gasteiger charge is 2.19. The summed E-state index contributed by atoms with van der Waals surface area (Å²) in [6, 6.07) is 22.1. The Balaban J connectivity index is 1.50. The summed E-state index contributed by atoms with van der Waals surface area (Å²) in [7, 11) is -3.50. The molecule has 4 aromatic rings. The first-order valence-electron chi connectivity index (χ1n) is 10.7. The van der Waals surface area contributed by atoms with Gasteiger partial charge in [0.2, 0.25) is 0 Å². The van der Waals surface area contributed by atoms with Crippen molar-refractivity contribution in [3.8, 4) is 5.75 Å². The minimum atomic E-state index is -3.50. The molecule has 1 amide bonds. The van der Waals surface area contributed by atoms with E-state index in [4.69, 9.17) is 9.15 Å². The molecule has 1 N–H and O–H groups in total. The summed E-state index contributed by atoms with van der Waals surface area (Å²) in [6.07, 6.45) is 0. The van der Waals surface area contributed by atoms with Gasteiger partial charge in [-0.2, -0.15) is 0 Å². The zero-order valence-electron chi connectivity index (χ0n) is 18.4. The molecule has 4 rings (SSSR count). The van der Waals surface area contributed by atoms with Gasteiger partial charge in [-0.05, 0) is 55.8 Å². The van der Waals surface area contributed by atoms with Crippen LogP contribution in [0.1, 0.15) is 41.6 Å². The molecule has 1 unspecified atom stereocenters. The lowest BCUT2D eigenvalue weighted by atomic mass is 10.1. The van der Waals surface area contributed by atoms with Crippen LogP contribution in [0.15, 0.2) is 88.2 Å². The van der Waals surface area contributed by atoms with Crippen LogP contribution >= 0.6 is 0 Å². The number of rotatable bonds is 8. The maximum atomic E-state index is 12.9. The molecule has 0 bridgehead atoms. The number of amides is 1. The summed E-state index contributed by atoms with van der Waals surface area (Å²) in [6.45, 7) is 4.27. The van der Waals surface area contributed by atoms with E-state index in [2.05, 4.69) is 5.32 Å². The smallest absolute Gasteiger partial charge is 0.251 e. The van der Waals surface area contributed by atoms with Crippen molar-refractivity contribution < 1.29 is 22.4 Å². The van der Waals surface area contributed by atoms with Crippen LogP contribution in [-0.4, -0.2) is 20.9 Å². The van der Waals surface area contributed by atoms with Gasteiger partial charge in [-0.3, -0.25) is 4.79 Å². The van der Waals surface area contributed by atoms with Crippen molar-refractivity contribution in [2.24, 2.45) is 0 Å². The van der Waals surface area contributed by atoms with Gasteiger partial charge in [-0.1, -0.05) is 42.5 Å². The van der Waals surface area contributed by atoms with E-state index in [-0.39, 0.29) is 16.6 Å². The minimum absolute atomic E-state index is 0.183. The Morgan fingerprint density at radius 1 is 1.00 bits per heavy atom. The fraction of sp³-hybridized carbons (Fsp3) is 0.192. The molecule has 0 spiro atoms. The normalized spacial score (nSPS) is 12.4. The van der Waals surface area contributed by atoms with Crippen LogP contribution in [-0.2, 0) is 15.6 Å². The molecule has 170 valence electrons. The highest BCUT2D eigenvalue weighted by atomic mass is 32.2. The van der Waals surface area contributed by atoms with E-state index in [1.165, 1.54) is 0 Å². The van der Waals surface area contributed by atoms with Gasteiger partial charge >= 0.3 is 0 Å². The van der Waals surface area contributed by atoms with Gasteiger partial charge in [0.15, 0.2) is 21.2 Å². The Labute approximate surface area is 193 Å². The number of fused-ring (bicyclic) bond motifs is 1. The summed E-state index contributed by atoms with van der Waals surface area (Å²) < 4.78 is 37.0. The number of sulfone groups is 1. The van der Waals surface area contributed by atoms with Gasteiger partial charge < -0.3 is 14.5 Å². The van der Waals surface area contributed by atoms with Gasteiger partial charge in [-0.25, -0.2) is 8.42 Å². The number of ether oxygens (including phenoxy) is 1. The topological polar surface area (TPSA) is 85.6 Å². The lowest BCUT2D eigenvalue weighted by molar-refractivity contribution is 0.0935. The van der Waals surface area contributed by atoms with Crippen LogP contribution in [0.3, 0.4) is 0 Å². The first kappa shape index (κ1) is 22.6. The third-order valence-corrected chi connectivity index (χ3v) is 6.95. The number of carbonyl (C=O) groups excluding carboxylic acids is 1. The summed E-state index contributed by atoms with van der Waals surface area (Å²) in [5.74, 6) is 0.768. The fourth-order valence-electron chi connectivity index (χ4n) is 3.62. The van der Waals surface area contributed by atoms with Crippen LogP contribution in [0.5, 0.6) is 5.75 Å². The molecule has 1 aromatic heterocycles. The third-order valence-electron chi connectivity index (χ3n) is 5.25. The quantitative estimate of drug-likeness (QED) is 0.383. The first-order chi connectivity index (χ1) is 15.9. The van der Waals surface area contributed by atoms with Crippen LogP contribution in [0.25, 0.3) is 11.0 Å². The molecule has 0 fully saturated rings. The molecule has 1 heterocycles. The van der Waals surface area contributed by atoms with E-state index in [0.29, 0.717) is 34.8 Å². The Morgan fingerprint density at radius 3 is 2.52 bits per heavy atom. The first-order valence-corrected chi connectivity index (χ1v) is 12.4. The van der Waals surface area contributed by atoms with E-state index in [0.717, 1.165) is 5.39 Å². The molecule has 33 heavy (non-hydrogen) atoms. The second-order valence-corrected chi connectivity index (χ2v) is 9.71. The average Bonchev–Trinajstić information content (AvgIpc) is 3.25. The molecule has 3 aromatic carbocycles. The van der Waals surface area contributed by atoms with Gasteiger partial charge in [0.05, 0.1) is 23.3 Å². The standard InChI is InChI=1S/C26H25NO5S/c1-3-31-23-14-8-10-20-16-24(32-25(20)23)18(2)27-26(28)21-11-7-9-19(15-21)17-33(29,30)22-12-5-4-6-13-22/h4-16,18H,3,17H2,1-2H3,(H,27,28). The van der Waals surface area contributed by atoms with Gasteiger partial charge in [-0.15, -0.1) is 0 Å². The van der Waals surface area contributed by atoms with E-state index < -0.39 is 15.9 Å². The fourth-order valence-corrected chi connectivity index (χ4v) is 4.98. The van der Waals surface area contributed by atoms with Crippen molar-refractivity contribution in [2.75, 3.05) is 6.61 Å². The number of carbonyl (C=O) groups is 1. The van der Waals surface area contributed by atoms with Crippen molar-refractivity contribution in [3.63, 3.8) is 0 Å². The van der Waals surface area contributed by atoms with E-state index in [1.54, 1.807) is 54.6 Å². The number of nitrogens with one attached hydrogen (secondary N) is 1. The molecule has 0 aliphatic heterocycles. The Bertz CT molecular complexity index is 1380. The monoisotopic (exact) mass is 463 g/mol. The second kappa shape index (κ2) is 9.50. The van der Waals surface area contributed by atoms with Crippen molar-refractivity contribution in [3.05, 3.63) is 95.7 Å². The number of furan rings is 1. The number of hydrogen-bond donors (Lipinski definition) is 1. The summed E-state index contributed by atoms with van der Waals surface area (Å²) in [5.41, 5.74) is 1.57. The summed E-state index contributed by atoms with van der Waals surface area (Å²) in [4.78, 5) is 13.1. The Hall–Kier alpha value is -3.58. The summed E-state index contributed by atoms with van der Waals surface area (Å²) >= 11 is 0. The molecule has 6 nitrogen and oxygen atoms in total. The highest BCUT2D eigenvalue weighted by Crippen LogP contribution is 2.31. The number of para-hydroxylation sites is 1. The maximum absolute atomic E-state index is 12.9. The van der Waals surface area contributed by atoms with Crippen LogP contribution in [0.2, 0.25) is 0 Å². The Kier molecular flexibility index (Phi) is 6.51. The third kappa shape index (κ3) is 5.09. The molecule has 1 atom stereocenters. The molecule has 0 saturated heterocycles. The van der Waals surface area contributed by atoms with Crippen LogP contribution in [0.4, 0.5) is 0 Å². The van der Waals surface area contributed by atoms with Crippen molar-refractivity contribution in [2.45, 2.75) is 30.5 Å². The molecular formula is C26H25NO5S. The minimum Gasteiger partial charge on any atom is -0.490 e. The van der Waals surface area contributed by atoms with Crippen molar-refractivity contribution in [1.29, 1.82) is 0 Å². The van der Waals surface area contributed by atoms with E-state index >= 15 is 0 Å². The predicted octanol–water partition coefficient (Wildman–Crippen LogP) is 5.30. The second-order valence-electron chi connectivity index (χ2n) is 7.72. The van der Waals surface area contributed by atoms with Gasteiger partial charge in [0, 0.05) is 10.9 Å².